The summed E-state index contributed by atoms with van der Waals surface area (Å²) >= 11 is 0. The smallest absolute Gasteiger partial charge is 0.227 e. The summed E-state index contributed by atoms with van der Waals surface area (Å²) in [6.07, 6.45) is 5.71. The zero-order chi connectivity index (χ0) is 22.0. The fourth-order valence-electron chi connectivity index (χ4n) is 4.65. The highest BCUT2D eigenvalue weighted by Gasteiger charge is 2.31. The van der Waals surface area contributed by atoms with E-state index in [4.69, 9.17) is 0 Å². The van der Waals surface area contributed by atoms with Crippen molar-refractivity contribution in [3.8, 4) is 11.1 Å². The highest BCUT2D eigenvalue weighted by Crippen LogP contribution is 2.26. The molecule has 0 bridgehead atoms. The summed E-state index contributed by atoms with van der Waals surface area (Å²) in [6.45, 7) is 3.90. The lowest BCUT2D eigenvalue weighted by Crippen LogP contribution is -2.43. The second kappa shape index (κ2) is 9.09. The summed E-state index contributed by atoms with van der Waals surface area (Å²) in [4.78, 5) is 17.5. The molecule has 0 aromatic heterocycles. The van der Waals surface area contributed by atoms with E-state index in [9.17, 15) is 17.6 Å². The van der Waals surface area contributed by atoms with Gasteiger partial charge in [0.25, 0.3) is 0 Å². The van der Waals surface area contributed by atoms with Crippen molar-refractivity contribution in [1.29, 1.82) is 0 Å². The third-order valence-corrected chi connectivity index (χ3v) is 7.50. The second-order valence-corrected chi connectivity index (χ2v) is 10.7. The molecule has 0 N–H and O–H groups in total. The molecule has 2 aromatic rings. The van der Waals surface area contributed by atoms with Gasteiger partial charge in [0.15, 0.2) is 9.84 Å². The van der Waals surface area contributed by atoms with Crippen LogP contribution in [0.2, 0.25) is 0 Å². The van der Waals surface area contributed by atoms with Crippen LogP contribution in [-0.2, 0) is 21.1 Å². The van der Waals surface area contributed by atoms with Gasteiger partial charge in [-0.25, -0.2) is 12.8 Å². The highest BCUT2D eigenvalue weighted by molar-refractivity contribution is 7.90. The Morgan fingerprint density at radius 2 is 1.68 bits per heavy atom. The van der Waals surface area contributed by atoms with Crippen molar-refractivity contribution < 1.29 is 17.6 Å². The van der Waals surface area contributed by atoms with Crippen molar-refractivity contribution in [2.45, 2.75) is 43.0 Å². The molecule has 2 heterocycles. The van der Waals surface area contributed by atoms with Crippen LogP contribution in [0, 0.1) is 5.82 Å². The van der Waals surface area contributed by atoms with E-state index in [1.807, 2.05) is 4.90 Å². The monoisotopic (exact) mass is 444 g/mol. The number of likely N-dealkylation sites (tertiary alicyclic amines) is 2. The Labute approximate surface area is 183 Å². The third-order valence-electron chi connectivity index (χ3n) is 6.38. The Kier molecular flexibility index (Phi) is 6.44. The molecule has 0 spiro atoms. The van der Waals surface area contributed by atoms with Crippen molar-refractivity contribution in [3.63, 3.8) is 0 Å². The predicted octanol–water partition coefficient (Wildman–Crippen LogP) is 3.53. The Bertz CT molecular complexity index is 1050. The minimum absolute atomic E-state index is 0.00847. The largest absolute Gasteiger partial charge is 0.338 e. The van der Waals surface area contributed by atoms with Crippen LogP contribution < -0.4 is 0 Å². The molecule has 0 unspecified atom stereocenters. The molecule has 4 rings (SSSR count). The Hall–Kier alpha value is -2.25. The average Bonchev–Trinajstić information content (AvgIpc) is 3.41. The predicted molar refractivity (Wildman–Crippen MR) is 119 cm³/mol. The summed E-state index contributed by atoms with van der Waals surface area (Å²) in [7, 11) is -3.27. The molecule has 0 saturated carbocycles. The molecule has 2 fully saturated rings. The van der Waals surface area contributed by atoms with Crippen molar-refractivity contribution in [2.75, 3.05) is 32.4 Å². The molecule has 1 atom stereocenters. The maximum Gasteiger partial charge on any atom is 0.227 e. The van der Waals surface area contributed by atoms with E-state index >= 15 is 0 Å². The second-order valence-electron chi connectivity index (χ2n) is 8.67. The van der Waals surface area contributed by atoms with E-state index < -0.39 is 15.7 Å². The average molecular weight is 445 g/mol. The van der Waals surface area contributed by atoms with E-state index in [1.54, 1.807) is 24.3 Å². The van der Waals surface area contributed by atoms with Gasteiger partial charge in [-0.05, 0) is 73.7 Å². The Morgan fingerprint density at radius 1 is 1.00 bits per heavy atom. The zero-order valence-corrected chi connectivity index (χ0v) is 18.7. The SMILES string of the molecule is CS(=O)(=O)c1ccc(-c2ccc(CC(=O)N3CCC[C@H]3CN3CCCC3)c(F)c2)cc1. The van der Waals surface area contributed by atoms with Crippen molar-refractivity contribution in [3.05, 3.63) is 53.8 Å². The molecule has 0 radical (unpaired) electrons. The number of hydrogen-bond acceptors (Lipinski definition) is 4. The molecule has 0 aliphatic carbocycles. The minimum atomic E-state index is -3.27. The first kappa shape index (κ1) is 22.0. The topological polar surface area (TPSA) is 57.7 Å². The van der Waals surface area contributed by atoms with Gasteiger partial charge in [-0.1, -0.05) is 24.3 Å². The highest BCUT2D eigenvalue weighted by atomic mass is 32.2. The van der Waals surface area contributed by atoms with Crippen molar-refractivity contribution in [2.24, 2.45) is 0 Å². The number of halogens is 1. The van der Waals surface area contributed by atoms with E-state index in [-0.39, 0.29) is 23.3 Å². The van der Waals surface area contributed by atoms with Crippen LogP contribution in [0.4, 0.5) is 4.39 Å². The number of carbonyl (C=O) groups is 1. The molecule has 166 valence electrons. The number of benzene rings is 2. The summed E-state index contributed by atoms with van der Waals surface area (Å²) in [5.41, 5.74) is 1.78. The molecular weight excluding hydrogens is 415 g/mol. The van der Waals surface area contributed by atoms with Crippen LogP contribution in [0.5, 0.6) is 0 Å². The lowest BCUT2D eigenvalue weighted by atomic mass is 10.0. The van der Waals surface area contributed by atoms with Crippen LogP contribution in [0.15, 0.2) is 47.4 Å². The molecule has 2 aliphatic heterocycles. The number of carbonyl (C=O) groups excluding carboxylic acids is 1. The standard InChI is InChI=1S/C24H29FN2O3S/c1-31(29,30)22-10-8-18(9-11-22)19-6-7-20(23(25)15-19)16-24(28)27-14-4-5-21(27)17-26-12-2-3-13-26/h6-11,15,21H,2-5,12-14,16-17H2,1H3/t21-/m0/s1. The van der Waals surface area contributed by atoms with Gasteiger partial charge in [0.1, 0.15) is 5.82 Å². The summed E-state index contributed by atoms with van der Waals surface area (Å²) in [5.74, 6) is -0.417. The number of sulfone groups is 1. The molecule has 2 aliphatic rings. The number of amides is 1. The lowest BCUT2D eigenvalue weighted by Gasteiger charge is -2.28. The third kappa shape index (κ3) is 5.15. The number of nitrogens with zero attached hydrogens (tertiary/aromatic N) is 2. The Balaban J connectivity index is 1.43. The first-order valence-corrected chi connectivity index (χ1v) is 12.8. The normalized spacial score (nSPS) is 19.8. The van der Waals surface area contributed by atoms with Gasteiger partial charge in [0.05, 0.1) is 11.3 Å². The van der Waals surface area contributed by atoms with Crippen LogP contribution >= 0.6 is 0 Å². The summed E-state index contributed by atoms with van der Waals surface area (Å²) in [5, 5.41) is 0. The van der Waals surface area contributed by atoms with E-state index in [0.717, 1.165) is 50.8 Å². The van der Waals surface area contributed by atoms with Crippen molar-refractivity contribution in [1.82, 2.24) is 9.80 Å². The van der Waals surface area contributed by atoms with Crippen LogP contribution in [0.1, 0.15) is 31.2 Å². The van der Waals surface area contributed by atoms with Gasteiger partial charge in [0, 0.05) is 25.4 Å². The fourth-order valence-corrected chi connectivity index (χ4v) is 5.28. The maximum atomic E-state index is 14.8. The number of hydrogen-bond donors (Lipinski definition) is 0. The van der Waals surface area contributed by atoms with Crippen LogP contribution in [0.25, 0.3) is 11.1 Å². The lowest BCUT2D eigenvalue weighted by molar-refractivity contribution is -0.131. The zero-order valence-electron chi connectivity index (χ0n) is 17.9. The van der Waals surface area contributed by atoms with Gasteiger partial charge in [-0.15, -0.1) is 0 Å². The molecule has 2 saturated heterocycles. The molecule has 2 aromatic carbocycles. The molecule has 1 amide bonds. The number of rotatable bonds is 6. The quantitative estimate of drug-likeness (QED) is 0.684. The maximum absolute atomic E-state index is 14.8. The first-order valence-electron chi connectivity index (χ1n) is 10.9. The summed E-state index contributed by atoms with van der Waals surface area (Å²) in [6, 6.07) is 11.5. The molecular formula is C24H29FN2O3S. The van der Waals surface area contributed by atoms with Gasteiger partial charge in [-0.3, -0.25) is 4.79 Å². The van der Waals surface area contributed by atoms with E-state index in [0.29, 0.717) is 11.1 Å². The molecule has 7 heteroatoms. The minimum Gasteiger partial charge on any atom is -0.338 e. The van der Waals surface area contributed by atoms with Crippen molar-refractivity contribution >= 4 is 15.7 Å². The summed E-state index contributed by atoms with van der Waals surface area (Å²) < 4.78 is 38.0. The van der Waals surface area contributed by atoms with Gasteiger partial charge < -0.3 is 9.80 Å². The fraction of sp³-hybridized carbons (Fsp3) is 0.458. The first-order chi connectivity index (χ1) is 14.8. The van der Waals surface area contributed by atoms with Crippen LogP contribution in [-0.4, -0.2) is 62.6 Å². The van der Waals surface area contributed by atoms with Gasteiger partial charge in [0.2, 0.25) is 5.91 Å². The Morgan fingerprint density at radius 3 is 2.32 bits per heavy atom. The molecule has 5 nitrogen and oxygen atoms in total. The van der Waals surface area contributed by atoms with Crippen LogP contribution in [0.3, 0.4) is 0 Å². The van der Waals surface area contributed by atoms with E-state index in [2.05, 4.69) is 4.90 Å². The molecule has 31 heavy (non-hydrogen) atoms. The van der Waals surface area contributed by atoms with E-state index in [1.165, 1.54) is 31.0 Å². The van der Waals surface area contributed by atoms with Gasteiger partial charge >= 0.3 is 0 Å². The van der Waals surface area contributed by atoms with Gasteiger partial charge in [-0.2, -0.15) is 0 Å².